The van der Waals surface area contributed by atoms with Crippen LogP contribution in [0.4, 0.5) is 0 Å². The minimum atomic E-state index is -0.637. The lowest BCUT2D eigenvalue weighted by atomic mass is 9.98. The summed E-state index contributed by atoms with van der Waals surface area (Å²) >= 11 is 0. The molecule has 6 heteroatoms. The average molecular weight is 407 g/mol. The first-order chi connectivity index (χ1) is 14.5. The van der Waals surface area contributed by atoms with E-state index in [-0.39, 0.29) is 11.9 Å². The normalized spacial score (nSPS) is 12.3. The second kappa shape index (κ2) is 10.2. The Hall–Kier alpha value is -2.99. The number of hydrogen-bond acceptors (Lipinski definition) is 4. The van der Waals surface area contributed by atoms with Crippen LogP contribution in [0.1, 0.15) is 67.3 Å². The number of carbonyl (C=O) groups is 1. The van der Waals surface area contributed by atoms with Gasteiger partial charge in [-0.1, -0.05) is 69.7 Å². The van der Waals surface area contributed by atoms with E-state index in [1.165, 1.54) is 0 Å². The van der Waals surface area contributed by atoms with E-state index < -0.39 is 5.91 Å². The van der Waals surface area contributed by atoms with Gasteiger partial charge in [0, 0.05) is 13.0 Å². The van der Waals surface area contributed by atoms with Gasteiger partial charge in [0.1, 0.15) is 5.82 Å². The lowest BCUT2D eigenvalue weighted by Crippen LogP contribution is -2.14. The van der Waals surface area contributed by atoms with Crippen LogP contribution in [0, 0.1) is 5.92 Å². The lowest BCUT2D eigenvalue weighted by Gasteiger charge is -2.22. The molecule has 0 fully saturated rings. The molecule has 2 N–H and O–H groups in total. The van der Waals surface area contributed by atoms with Crippen LogP contribution in [0.3, 0.4) is 0 Å². The Morgan fingerprint density at radius 1 is 1.13 bits per heavy atom. The Bertz CT molecular complexity index is 966. The Morgan fingerprint density at radius 2 is 1.90 bits per heavy atom. The van der Waals surface area contributed by atoms with Gasteiger partial charge in [0.25, 0.3) is 5.91 Å². The van der Waals surface area contributed by atoms with E-state index in [0.717, 1.165) is 36.3 Å². The van der Waals surface area contributed by atoms with Gasteiger partial charge in [-0.15, -0.1) is 5.10 Å². The van der Waals surface area contributed by atoms with Crippen molar-refractivity contribution in [3.8, 4) is 5.69 Å². The minimum absolute atomic E-state index is 0.00629. The number of aromatic nitrogens is 3. The molecule has 158 valence electrons. The van der Waals surface area contributed by atoms with Gasteiger partial charge >= 0.3 is 0 Å². The fourth-order valence-corrected chi connectivity index (χ4v) is 3.41. The fourth-order valence-electron chi connectivity index (χ4n) is 3.41. The second-order valence-electron chi connectivity index (χ2n) is 7.77. The van der Waals surface area contributed by atoms with Crippen LogP contribution in [0.2, 0.25) is 0 Å². The molecule has 1 heterocycles. The highest BCUT2D eigenvalue weighted by molar-refractivity contribution is 5.88. The number of ether oxygens (including phenoxy) is 1. The smallest absolute Gasteiger partial charge is 0.288 e. The standard InChI is InChI=1S/C24H30N4O2/c1-4-5-14-30-22(17(2)3)19-12-9-13-20(16-19)28-21(26-24(27-28)23(25)29)15-18-10-7-6-8-11-18/h6-13,16-17,22H,4-5,14-15H2,1-3H3,(H2,25,29). The zero-order chi connectivity index (χ0) is 21.5. The van der Waals surface area contributed by atoms with Crippen LogP contribution >= 0.6 is 0 Å². The van der Waals surface area contributed by atoms with Crippen LogP contribution < -0.4 is 5.73 Å². The zero-order valence-corrected chi connectivity index (χ0v) is 17.9. The quantitative estimate of drug-likeness (QED) is 0.504. The van der Waals surface area contributed by atoms with E-state index in [4.69, 9.17) is 10.5 Å². The van der Waals surface area contributed by atoms with Crippen molar-refractivity contribution in [2.45, 2.75) is 46.1 Å². The van der Waals surface area contributed by atoms with Crippen LogP contribution in [0.15, 0.2) is 54.6 Å². The number of rotatable bonds is 10. The van der Waals surface area contributed by atoms with E-state index in [1.807, 2.05) is 42.5 Å². The molecule has 1 amide bonds. The van der Waals surface area contributed by atoms with Crippen LogP contribution in [0.5, 0.6) is 0 Å². The first-order valence-corrected chi connectivity index (χ1v) is 10.5. The number of benzene rings is 2. The SMILES string of the molecule is CCCCOC(c1cccc(-n2nc(C(N)=O)nc2Cc2ccccc2)c1)C(C)C. The number of amides is 1. The molecule has 0 radical (unpaired) electrons. The molecule has 2 aromatic carbocycles. The van der Waals surface area contributed by atoms with E-state index in [9.17, 15) is 4.79 Å². The van der Waals surface area contributed by atoms with E-state index in [1.54, 1.807) is 4.68 Å². The summed E-state index contributed by atoms with van der Waals surface area (Å²) in [4.78, 5) is 16.1. The monoisotopic (exact) mass is 406 g/mol. The molecule has 0 aliphatic heterocycles. The third kappa shape index (κ3) is 5.33. The molecular formula is C24H30N4O2. The van der Waals surface area contributed by atoms with E-state index >= 15 is 0 Å². The fraction of sp³-hybridized carbons (Fsp3) is 0.375. The molecule has 1 aromatic heterocycles. The highest BCUT2D eigenvalue weighted by Crippen LogP contribution is 2.28. The van der Waals surface area contributed by atoms with E-state index in [0.29, 0.717) is 18.2 Å². The molecule has 0 bridgehead atoms. The summed E-state index contributed by atoms with van der Waals surface area (Å²) < 4.78 is 7.88. The Kier molecular flexibility index (Phi) is 7.36. The van der Waals surface area contributed by atoms with Gasteiger partial charge in [-0.25, -0.2) is 9.67 Å². The summed E-state index contributed by atoms with van der Waals surface area (Å²) in [7, 11) is 0. The first kappa shape index (κ1) is 21.7. The number of nitrogens with two attached hydrogens (primary N) is 1. The lowest BCUT2D eigenvalue weighted by molar-refractivity contribution is 0.0194. The molecule has 0 saturated carbocycles. The maximum absolute atomic E-state index is 11.7. The highest BCUT2D eigenvalue weighted by Gasteiger charge is 2.19. The Labute approximate surface area is 178 Å². The summed E-state index contributed by atoms with van der Waals surface area (Å²) in [5.41, 5.74) is 8.46. The molecule has 1 atom stereocenters. The largest absolute Gasteiger partial charge is 0.373 e. The molecular weight excluding hydrogens is 376 g/mol. The number of primary amides is 1. The van der Waals surface area contributed by atoms with Crippen molar-refractivity contribution in [1.82, 2.24) is 14.8 Å². The van der Waals surface area contributed by atoms with Gasteiger partial charge in [0.05, 0.1) is 11.8 Å². The van der Waals surface area contributed by atoms with Crippen LogP contribution in [0.25, 0.3) is 5.69 Å². The minimum Gasteiger partial charge on any atom is -0.373 e. The molecule has 3 rings (SSSR count). The molecule has 0 aliphatic carbocycles. The van der Waals surface area contributed by atoms with Gasteiger partial charge in [-0.3, -0.25) is 4.79 Å². The number of nitrogens with zero attached hydrogens (tertiary/aromatic N) is 3. The van der Waals surface area contributed by atoms with Gasteiger partial charge in [0.2, 0.25) is 5.82 Å². The van der Waals surface area contributed by atoms with Crippen molar-refractivity contribution < 1.29 is 9.53 Å². The summed E-state index contributed by atoms with van der Waals surface area (Å²) in [6.45, 7) is 7.21. The third-order valence-electron chi connectivity index (χ3n) is 4.94. The molecule has 1 unspecified atom stereocenters. The van der Waals surface area contributed by atoms with Gasteiger partial charge in [-0.2, -0.15) is 0 Å². The molecule has 3 aromatic rings. The first-order valence-electron chi connectivity index (χ1n) is 10.5. The second-order valence-corrected chi connectivity index (χ2v) is 7.77. The Balaban J connectivity index is 1.96. The van der Waals surface area contributed by atoms with Crippen molar-refractivity contribution in [1.29, 1.82) is 0 Å². The summed E-state index contributed by atoms with van der Waals surface area (Å²) in [6, 6.07) is 18.1. The van der Waals surface area contributed by atoms with Crippen molar-refractivity contribution in [3.63, 3.8) is 0 Å². The zero-order valence-electron chi connectivity index (χ0n) is 17.9. The highest BCUT2D eigenvalue weighted by atomic mass is 16.5. The van der Waals surface area contributed by atoms with Crippen LogP contribution in [-0.2, 0) is 11.2 Å². The molecule has 30 heavy (non-hydrogen) atoms. The van der Waals surface area contributed by atoms with Gasteiger partial charge in [0.15, 0.2) is 0 Å². The number of hydrogen-bond donors (Lipinski definition) is 1. The van der Waals surface area contributed by atoms with Gasteiger partial charge < -0.3 is 10.5 Å². The predicted molar refractivity (Wildman–Crippen MR) is 118 cm³/mol. The maximum atomic E-state index is 11.7. The summed E-state index contributed by atoms with van der Waals surface area (Å²) in [5.74, 6) is 0.381. The summed E-state index contributed by atoms with van der Waals surface area (Å²) in [5, 5.41) is 4.39. The topological polar surface area (TPSA) is 83.0 Å². The van der Waals surface area contributed by atoms with Gasteiger partial charge in [-0.05, 0) is 35.6 Å². The average Bonchev–Trinajstić information content (AvgIpc) is 3.16. The Morgan fingerprint density at radius 3 is 2.57 bits per heavy atom. The molecule has 6 nitrogen and oxygen atoms in total. The maximum Gasteiger partial charge on any atom is 0.288 e. The molecule has 0 saturated heterocycles. The molecule has 0 spiro atoms. The molecule has 0 aliphatic rings. The number of unbranched alkanes of at least 4 members (excludes halogenated alkanes) is 1. The van der Waals surface area contributed by atoms with Crippen molar-refractivity contribution in [3.05, 3.63) is 77.4 Å². The number of carbonyl (C=O) groups excluding carboxylic acids is 1. The van der Waals surface area contributed by atoms with E-state index in [2.05, 4.69) is 43.0 Å². The predicted octanol–water partition coefficient (Wildman–Crippen LogP) is 4.47. The van der Waals surface area contributed by atoms with Crippen LogP contribution in [-0.4, -0.2) is 27.3 Å². The third-order valence-corrected chi connectivity index (χ3v) is 4.94. The van der Waals surface area contributed by atoms with Crippen molar-refractivity contribution in [2.24, 2.45) is 11.7 Å². The van der Waals surface area contributed by atoms with Crippen molar-refractivity contribution >= 4 is 5.91 Å². The van der Waals surface area contributed by atoms with Crippen molar-refractivity contribution in [2.75, 3.05) is 6.61 Å². The summed E-state index contributed by atoms with van der Waals surface area (Å²) in [6.07, 6.45) is 2.68.